The van der Waals surface area contributed by atoms with Gasteiger partial charge in [0.1, 0.15) is 12.3 Å². The van der Waals surface area contributed by atoms with E-state index in [9.17, 15) is 4.79 Å². The highest BCUT2D eigenvalue weighted by atomic mass is 79.9. The van der Waals surface area contributed by atoms with Crippen molar-refractivity contribution in [1.29, 1.82) is 0 Å². The SMILES string of the molecule is CN1CCN(Cc2cn(CC(=O)NC3CCOc4ccc(Br)cc43)nn2)CC1.Cl. The molecule has 1 saturated heterocycles. The number of carbonyl (C=O) groups excluding carboxylic acids is 1. The number of aromatic nitrogens is 3. The van der Waals surface area contributed by atoms with E-state index >= 15 is 0 Å². The average Bonchev–Trinajstić information content (AvgIpc) is 3.11. The first kappa shape index (κ1) is 22.0. The van der Waals surface area contributed by atoms with E-state index in [4.69, 9.17) is 4.74 Å². The van der Waals surface area contributed by atoms with Crippen molar-refractivity contribution in [2.45, 2.75) is 25.6 Å². The van der Waals surface area contributed by atoms with Gasteiger partial charge >= 0.3 is 0 Å². The Labute approximate surface area is 185 Å². The molecular formula is C19H26BrClN6O2. The molecule has 8 nitrogen and oxygen atoms in total. The first-order valence-corrected chi connectivity index (χ1v) is 10.4. The van der Waals surface area contributed by atoms with Crippen molar-refractivity contribution in [1.82, 2.24) is 30.1 Å². The number of piperazine rings is 1. The number of halogens is 2. The molecule has 0 aliphatic carbocycles. The first-order chi connectivity index (χ1) is 13.6. The number of fused-ring (bicyclic) bond motifs is 1. The molecule has 0 bridgehead atoms. The van der Waals surface area contributed by atoms with E-state index in [1.807, 2.05) is 24.4 Å². The van der Waals surface area contributed by atoms with Crippen LogP contribution in [0.15, 0.2) is 28.9 Å². The van der Waals surface area contributed by atoms with Crippen molar-refractivity contribution >= 4 is 34.2 Å². The number of carbonyl (C=O) groups is 1. The number of hydrogen-bond acceptors (Lipinski definition) is 6. The summed E-state index contributed by atoms with van der Waals surface area (Å²) in [5, 5.41) is 11.5. The Hall–Kier alpha value is -1.68. The standard InChI is InChI=1S/C19H25BrN6O2.ClH/c1-24-5-7-25(8-6-24)11-15-12-26(23-22-15)13-19(27)21-17-4-9-28-18-3-2-14(20)10-16(17)18;/h2-3,10,12,17H,4-9,11,13H2,1H3,(H,21,27);1H. The number of benzene rings is 1. The lowest BCUT2D eigenvalue weighted by molar-refractivity contribution is -0.122. The molecule has 2 aromatic rings. The third kappa shape index (κ3) is 5.69. The minimum atomic E-state index is -0.0751. The maximum absolute atomic E-state index is 12.5. The predicted octanol–water partition coefficient (Wildman–Crippen LogP) is 1.85. The van der Waals surface area contributed by atoms with E-state index in [1.54, 1.807) is 4.68 Å². The van der Waals surface area contributed by atoms with Gasteiger partial charge in [-0.15, -0.1) is 17.5 Å². The van der Waals surface area contributed by atoms with Crippen molar-refractivity contribution in [2.75, 3.05) is 39.8 Å². The topological polar surface area (TPSA) is 75.5 Å². The highest BCUT2D eigenvalue weighted by Gasteiger charge is 2.23. The minimum Gasteiger partial charge on any atom is -0.493 e. The monoisotopic (exact) mass is 484 g/mol. The van der Waals surface area contributed by atoms with Crippen LogP contribution in [0, 0.1) is 0 Å². The van der Waals surface area contributed by atoms with E-state index in [1.165, 1.54) is 0 Å². The molecule has 1 aromatic carbocycles. The molecule has 158 valence electrons. The Morgan fingerprint density at radius 3 is 2.90 bits per heavy atom. The predicted molar refractivity (Wildman–Crippen MR) is 115 cm³/mol. The molecule has 0 saturated carbocycles. The molecule has 29 heavy (non-hydrogen) atoms. The molecule has 1 amide bonds. The summed E-state index contributed by atoms with van der Waals surface area (Å²) in [6.45, 7) is 5.73. The van der Waals surface area contributed by atoms with Crippen molar-refractivity contribution in [2.24, 2.45) is 0 Å². The zero-order valence-electron chi connectivity index (χ0n) is 16.4. The van der Waals surface area contributed by atoms with Gasteiger partial charge in [0.15, 0.2) is 0 Å². The number of amides is 1. The van der Waals surface area contributed by atoms with Gasteiger partial charge in [-0.05, 0) is 25.2 Å². The third-order valence-corrected chi connectivity index (χ3v) is 5.71. The van der Waals surface area contributed by atoms with Crippen LogP contribution in [0.25, 0.3) is 0 Å². The van der Waals surface area contributed by atoms with Crippen LogP contribution in [-0.4, -0.2) is 70.5 Å². The highest BCUT2D eigenvalue weighted by molar-refractivity contribution is 9.10. The maximum Gasteiger partial charge on any atom is 0.242 e. The molecule has 2 aliphatic heterocycles. The number of nitrogens with zero attached hydrogens (tertiary/aromatic N) is 5. The second-order valence-corrected chi connectivity index (χ2v) is 8.34. The van der Waals surface area contributed by atoms with E-state index in [2.05, 4.69) is 48.4 Å². The zero-order chi connectivity index (χ0) is 19.5. The van der Waals surface area contributed by atoms with Crippen molar-refractivity contribution < 1.29 is 9.53 Å². The summed E-state index contributed by atoms with van der Waals surface area (Å²) in [5.41, 5.74) is 1.90. The van der Waals surface area contributed by atoms with Gasteiger partial charge in [0, 0.05) is 49.2 Å². The van der Waals surface area contributed by atoms with Gasteiger partial charge in [-0.1, -0.05) is 21.1 Å². The van der Waals surface area contributed by atoms with Crippen LogP contribution >= 0.6 is 28.3 Å². The molecule has 1 fully saturated rings. The van der Waals surface area contributed by atoms with Gasteiger partial charge in [0.25, 0.3) is 0 Å². The van der Waals surface area contributed by atoms with E-state index in [0.717, 1.165) is 60.6 Å². The number of nitrogens with one attached hydrogen (secondary N) is 1. The Bertz CT molecular complexity index is 840. The summed E-state index contributed by atoms with van der Waals surface area (Å²) in [7, 11) is 2.14. The van der Waals surface area contributed by atoms with Gasteiger partial charge in [-0.2, -0.15) is 0 Å². The molecule has 1 N–H and O–H groups in total. The lowest BCUT2D eigenvalue weighted by atomic mass is 10.0. The molecule has 10 heteroatoms. The summed E-state index contributed by atoms with van der Waals surface area (Å²) >= 11 is 3.49. The summed E-state index contributed by atoms with van der Waals surface area (Å²) in [4.78, 5) is 17.2. The normalized spacial score (nSPS) is 19.7. The smallest absolute Gasteiger partial charge is 0.242 e. The fraction of sp³-hybridized carbons (Fsp3) is 0.526. The van der Waals surface area contributed by atoms with Gasteiger partial charge in [-0.3, -0.25) is 9.69 Å². The van der Waals surface area contributed by atoms with Crippen LogP contribution in [0.3, 0.4) is 0 Å². The average molecular weight is 486 g/mol. The lowest BCUT2D eigenvalue weighted by Crippen LogP contribution is -2.43. The van der Waals surface area contributed by atoms with Gasteiger partial charge in [0.05, 0.1) is 24.5 Å². The van der Waals surface area contributed by atoms with Crippen LogP contribution in [0.5, 0.6) is 5.75 Å². The zero-order valence-corrected chi connectivity index (χ0v) is 18.8. The molecule has 2 aliphatic rings. The maximum atomic E-state index is 12.5. The first-order valence-electron chi connectivity index (χ1n) is 9.58. The fourth-order valence-corrected chi connectivity index (χ4v) is 4.00. The second kappa shape index (κ2) is 9.88. The number of hydrogen-bond donors (Lipinski definition) is 1. The second-order valence-electron chi connectivity index (χ2n) is 7.43. The Balaban J connectivity index is 0.00000240. The quantitative estimate of drug-likeness (QED) is 0.697. The summed E-state index contributed by atoms with van der Waals surface area (Å²) in [6.07, 6.45) is 2.62. The van der Waals surface area contributed by atoms with E-state index < -0.39 is 0 Å². The molecule has 1 unspecified atom stereocenters. The largest absolute Gasteiger partial charge is 0.493 e. The molecule has 0 spiro atoms. The van der Waals surface area contributed by atoms with Gasteiger partial charge in [-0.25, -0.2) is 4.68 Å². The van der Waals surface area contributed by atoms with Crippen LogP contribution < -0.4 is 10.1 Å². The van der Waals surface area contributed by atoms with Crippen LogP contribution in [0.4, 0.5) is 0 Å². The van der Waals surface area contributed by atoms with Crippen molar-refractivity contribution in [3.05, 3.63) is 40.1 Å². The highest BCUT2D eigenvalue weighted by Crippen LogP contribution is 2.34. The Kier molecular flexibility index (Phi) is 7.50. The fourth-order valence-electron chi connectivity index (χ4n) is 3.63. The molecule has 1 aromatic heterocycles. The van der Waals surface area contributed by atoms with E-state index in [-0.39, 0.29) is 30.9 Å². The van der Waals surface area contributed by atoms with Crippen molar-refractivity contribution in [3.63, 3.8) is 0 Å². The minimum absolute atomic E-state index is 0. The molecule has 0 radical (unpaired) electrons. The van der Waals surface area contributed by atoms with Gasteiger partial charge in [0.2, 0.25) is 5.91 Å². The Morgan fingerprint density at radius 1 is 1.31 bits per heavy atom. The number of ether oxygens (including phenoxy) is 1. The van der Waals surface area contributed by atoms with Crippen molar-refractivity contribution in [3.8, 4) is 5.75 Å². The third-order valence-electron chi connectivity index (χ3n) is 5.22. The molecule has 1 atom stereocenters. The van der Waals surface area contributed by atoms with Gasteiger partial charge < -0.3 is 15.0 Å². The summed E-state index contributed by atoms with van der Waals surface area (Å²) < 4.78 is 8.27. The molecule has 3 heterocycles. The van der Waals surface area contributed by atoms with Crippen LogP contribution in [0.1, 0.15) is 23.7 Å². The van der Waals surface area contributed by atoms with Crippen LogP contribution in [-0.2, 0) is 17.9 Å². The Morgan fingerprint density at radius 2 is 2.10 bits per heavy atom. The van der Waals surface area contributed by atoms with Crippen LogP contribution in [0.2, 0.25) is 0 Å². The summed E-state index contributed by atoms with van der Waals surface area (Å²) in [6, 6.07) is 5.82. The summed E-state index contributed by atoms with van der Waals surface area (Å²) in [5.74, 6) is 0.754. The number of likely N-dealkylation sites (N-methyl/N-ethyl adjacent to an activating group) is 1. The lowest BCUT2D eigenvalue weighted by Gasteiger charge is -2.31. The van der Waals surface area contributed by atoms with E-state index in [0.29, 0.717) is 6.61 Å². The molecule has 4 rings (SSSR count). The molecular weight excluding hydrogens is 460 g/mol. The number of rotatable bonds is 5.